The van der Waals surface area contributed by atoms with Crippen molar-refractivity contribution in [1.82, 2.24) is 10.6 Å². The lowest BCUT2D eigenvalue weighted by atomic mass is 10.1. The van der Waals surface area contributed by atoms with Crippen molar-refractivity contribution in [1.29, 1.82) is 0 Å². The Balaban J connectivity index is 2.46. The first-order chi connectivity index (χ1) is 11.0. The first-order valence-corrected chi connectivity index (χ1v) is 8.28. The molecule has 0 bridgehead atoms. The van der Waals surface area contributed by atoms with Crippen LogP contribution in [0, 0.1) is 19.3 Å². The van der Waals surface area contributed by atoms with Crippen LogP contribution in [-0.4, -0.2) is 18.6 Å². The van der Waals surface area contributed by atoms with E-state index in [1.54, 1.807) is 0 Å². The molecule has 2 N–H and O–H groups in total. The van der Waals surface area contributed by atoms with Crippen molar-refractivity contribution in [3.05, 3.63) is 58.7 Å². The highest BCUT2D eigenvalue weighted by molar-refractivity contribution is 5.34. The standard InChI is InChI=1S/C21H30N2/c1-7-16(3)12-20(8-2)14-22-18(5)19(6)23-15-21-11-9-10-17(4)13-21/h2,7,9-13,18-19,22-23H,14-15H2,1,3-6H3/b16-7-,20-12+. The third-order valence-corrected chi connectivity index (χ3v) is 4.12. The molecule has 0 aromatic heterocycles. The molecule has 2 atom stereocenters. The highest BCUT2D eigenvalue weighted by atomic mass is 15.0. The molecule has 2 nitrogen and oxygen atoms in total. The molecule has 2 heteroatoms. The molecule has 0 fully saturated rings. The Morgan fingerprint density at radius 2 is 1.96 bits per heavy atom. The molecule has 1 rings (SSSR count). The summed E-state index contributed by atoms with van der Waals surface area (Å²) in [4.78, 5) is 0. The van der Waals surface area contributed by atoms with Crippen LogP contribution in [0.3, 0.4) is 0 Å². The second kappa shape index (κ2) is 10.0. The van der Waals surface area contributed by atoms with Crippen LogP contribution in [0.1, 0.15) is 38.8 Å². The first kappa shape index (κ1) is 19.2. The predicted octanol–water partition coefficient (Wildman–Crippen LogP) is 3.98. The van der Waals surface area contributed by atoms with Crippen molar-refractivity contribution in [2.45, 2.75) is 53.2 Å². The third kappa shape index (κ3) is 7.32. The molecule has 1 aromatic carbocycles. The van der Waals surface area contributed by atoms with Crippen molar-refractivity contribution in [3.8, 4) is 12.3 Å². The predicted molar refractivity (Wildman–Crippen MR) is 101 cm³/mol. The van der Waals surface area contributed by atoms with Gasteiger partial charge >= 0.3 is 0 Å². The van der Waals surface area contributed by atoms with Gasteiger partial charge in [0.05, 0.1) is 0 Å². The largest absolute Gasteiger partial charge is 0.309 e. The molecule has 0 aliphatic carbocycles. The van der Waals surface area contributed by atoms with Crippen LogP contribution in [0.4, 0.5) is 0 Å². The Hall–Kier alpha value is -1.82. The van der Waals surface area contributed by atoms with Crippen LogP contribution >= 0.6 is 0 Å². The second-order valence-corrected chi connectivity index (χ2v) is 6.17. The van der Waals surface area contributed by atoms with Crippen molar-refractivity contribution < 1.29 is 0 Å². The van der Waals surface area contributed by atoms with Gasteiger partial charge in [-0.25, -0.2) is 0 Å². The minimum atomic E-state index is 0.336. The van der Waals surface area contributed by atoms with Crippen LogP contribution in [0.15, 0.2) is 47.6 Å². The van der Waals surface area contributed by atoms with Crippen LogP contribution in [-0.2, 0) is 6.54 Å². The summed E-state index contributed by atoms with van der Waals surface area (Å²) in [6.45, 7) is 12.2. The van der Waals surface area contributed by atoms with E-state index in [0.717, 1.165) is 18.7 Å². The van der Waals surface area contributed by atoms with Crippen LogP contribution in [0.2, 0.25) is 0 Å². The molecule has 0 spiro atoms. The Morgan fingerprint density at radius 3 is 2.57 bits per heavy atom. The number of hydrogen-bond donors (Lipinski definition) is 2. The summed E-state index contributed by atoms with van der Waals surface area (Å²) >= 11 is 0. The SMILES string of the molecule is C#C/C(=C\C(C)=C/C)CNC(C)C(C)NCc1cccc(C)c1. The molecule has 0 aliphatic rings. The van der Waals surface area contributed by atoms with Gasteiger partial charge in [0, 0.05) is 30.7 Å². The van der Waals surface area contributed by atoms with Gasteiger partial charge in [0.1, 0.15) is 0 Å². The normalized spacial score (nSPS) is 15.1. The molecule has 23 heavy (non-hydrogen) atoms. The van der Waals surface area contributed by atoms with E-state index in [9.17, 15) is 0 Å². The lowest BCUT2D eigenvalue weighted by Gasteiger charge is -2.23. The summed E-state index contributed by atoms with van der Waals surface area (Å²) < 4.78 is 0. The van der Waals surface area contributed by atoms with E-state index >= 15 is 0 Å². The van der Waals surface area contributed by atoms with E-state index < -0.39 is 0 Å². The maximum atomic E-state index is 5.59. The van der Waals surface area contributed by atoms with Gasteiger partial charge in [0.25, 0.3) is 0 Å². The first-order valence-electron chi connectivity index (χ1n) is 8.28. The molecule has 0 saturated heterocycles. The summed E-state index contributed by atoms with van der Waals surface area (Å²) in [6.07, 6.45) is 9.71. The minimum Gasteiger partial charge on any atom is -0.309 e. The fourth-order valence-corrected chi connectivity index (χ4v) is 2.23. The van der Waals surface area contributed by atoms with E-state index in [4.69, 9.17) is 6.42 Å². The highest BCUT2D eigenvalue weighted by Gasteiger charge is 2.11. The number of benzene rings is 1. The van der Waals surface area contributed by atoms with E-state index in [-0.39, 0.29) is 0 Å². The average Bonchev–Trinajstić information content (AvgIpc) is 2.55. The van der Waals surface area contributed by atoms with E-state index in [1.807, 2.05) is 6.92 Å². The number of hydrogen-bond acceptors (Lipinski definition) is 2. The molecule has 0 amide bonds. The van der Waals surface area contributed by atoms with Crippen molar-refractivity contribution in [2.24, 2.45) is 0 Å². The molecule has 0 saturated carbocycles. The highest BCUT2D eigenvalue weighted by Crippen LogP contribution is 2.05. The quantitative estimate of drug-likeness (QED) is 0.560. The summed E-state index contributed by atoms with van der Waals surface area (Å²) in [5, 5.41) is 7.08. The van der Waals surface area contributed by atoms with Crippen molar-refractivity contribution >= 4 is 0 Å². The monoisotopic (exact) mass is 310 g/mol. The van der Waals surface area contributed by atoms with E-state index in [0.29, 0.717) is 12.1 Å². The topological polar surface area (TPSA) is 24.1 Å². The molecule has 0 heterocycles. The van der Waals surface area contributed by atoms with Crippen LogP contribution in [0.5, 0.6) is 0 Å². The van der Waals surface area contributed by atoms with Gasteiger partial charge in [0.2, 0.25) is 0 Å². The lowest BCUT2D eigenvalue weighted by molar-refractivity contribution is 0.419. The van der Waals surface area contributed by atoms with E-state index in [1.165, 1.54) is 16.7 Å². The Kier molecular flexibility index (Phi) is 8.40. The van der Waals surface area contributed by atoms with E-state index in [2.05, 4.69) is 80.7 Å². The zero-order chi connectivity index (χ0) is 17.2. The molecule has 124 valence electrons. The van der Waals surface area contributed by atoms with Crippen LogP contribution < -0.4 is 10.6 Å². The summed E-state index contributed by atoms with van der Waals surface area (Å²) in [5.74, 6) is 2.76. The van der Waals surface area contributed by atoms with Gasteiger partial charge in [-0.3, -0.25) is 0 Å². The lowest BCUT2D eigenvalue weighted by Crippen LogP contribution is -2.44. The van der Waals surface area contributed by atoms with Gasteiger partial charge in [-0.15, -0.1) is 6.42 Å². The molecule has 2 unspecified atom stereocenters. The van der Waals surface area contributed by atoms with Gasteiger partial charge in [-0.1, -0.05) is 47.4 Å². The van der Waals surface area contributed by atoms with Gasteiger partial charge in [-0.2, -0.15) is 0 Å². The molecule has 0 radical (unpaired) electrons. The average molecular weight is 310 g/mol. The zero-order valence-electron chi connectivity index (χ0n) is 15.1. The summed E-state index contributed by atoms with van der Waals surface area (Å²) in [6, 6.07) is 9.30. The summed E-state index contributed by atoms with van der Waals surface area (Å²) in [7, 11) is 0. The Labute approximate surface area is 142 Å². The Bertz CT molecular complexity index is 590. The van der Waals surface area contributed by atoms with Crippen molar-refractivity contribution in [2.75, 3.05) is 6.54 Å². The molecule has 0 aliphatic heterocycles. The number of aryl methyl sites for hydroxylation is 1. The number of nitrogens with one attached hydrogen (secondary N) is 2. The number of terminal acetylenes is 1. The van der Waals surface area contributed by atoms with Gasteiger partial charge in [0.15, 0.2) is 0 Å². The third-order valence-electron chi connectivity index (χ3n) is 4.12. The number of allylic oxidation sites excluding steroid dienone is 3. The number of rotatable bonds is 8. The maximum absolute atomic E-state index is 5.59. The molecular weight excluding hydrogens is 280 g/mol. The Morgan fingerprint density at radius 1 is 1.26 bits per heavy atom. The second-order valence-electron chi connectivity index (χ2n) is 6.17. The fraction of sp³-hybridized carbons (Fsp3) is 0.429. The molecule has 1 aromatic rings. The zero-order valence-corrected chi connectivity index (χ0v) is 15.1. The van der Waals surface area contributed by atoms with Gasteiger partial charge < -0.3 is 10.6 Å². The summed E-state index contributed by atoms with van der Waals surface area (Å²) in [5.41, 5.74) is 4.79. The smallest absolute Gasteiger partial charge is 0.0288 e. The molecular formula is C21H30N2. The minimum absolute atomic E-state index is 0.336. The maximum Gasteiger partial charge on any atom is 0.0288 e. The fourth-order valence-electron chi connectivity index (χ4n) is 2.23. The van der Waals surface area contributed by atoms with Crippen LogP contribution in [0.25, 0.3) is 0 Å². The van der Waals surface area contributed by atoms with Crippen molar-refractivity contribution in [3.63, 3.8) is 0 Å². The van der Waals surface area contributed by atoms with Gasteiger partial charge in [-0.05, 0) is 46.3 Å².